The topological polar surface area (TPSA) is 12.0 Å². The molecule has 0 spiro atoms. The van der Waals surface area contributed by atoms with Gasteiger partial charge in [-0.2, -0.15) is 0 Å². The van der Waals surface area contributed by atoms with Crippen LogP contribution in [0.2, 0.25) is 0 Å². The number of hydrogen-bond donors (Lipinski definition) is 1. The summed E-state index contributed by atoms with van der Waals surface area (Å²) >= 11 is 0. The second-order valence-corrected chi connectivity index (χ2v) is 5.43. The van der Waals surface area contributed by atoms with Crippen molar-refractivity contribution in [2.75, 3.05) is 11.9 Å². The van der Waals surface area contributed by atoms with Gasteiger partial charge < -0.3 is 5.32 Å². The molecule has 98 valence electrons. The molecule has 0 amide bonds. The minimum absolute atomic E-state index is 1.09. The van der Waals surface area contributed by atoms with Gasteiger partial charge in [-0.1, -0.05) is 54.6 Å². The van der Waals surface area contributed by atoms with E-state index in [-0.39, 0.29) is 0 Å². The third kappa shape index (κ3) is 1.87. The largest absolute Gasteiger partial charge is 0.385 e. The van der Waals surface area contributed by atoms with Crippen molar-refractivity contribution in [2.24, 2.45) is 0 Å². The Morgan fingerprint density at radius 3 is 2.75 bits per heavy atom. The normalized spacial score (nSPS) is 13.8. The molecule has 4 rings (SSSR count). The number of aryl methyl sites for hydroxylation is 1. The maximum absolute atomic E-state index is 3.52. The van der Waals surface area contributed by atoms with Gasteiger partial charge in [-0.3, -0.25) is 0 Å². The Balaban J connectivity index is 1.91. The summed E-state index contributed by atoms with van der Waals surface area (Å²) in [5.74, 6) is 0. The van der Waals surface area contributed by atoms with Gasteiger partial charge >= 0.3 is 0 Å². The lowest BCUT2D eigenvalue weighted by molar-refractivity contribution is 0.830. The Labute approximate surface area is 119 Å². The first-order valence-corrected chi connectivity index (χ1v) is 7.27. The maximum Gasteiger partial charge on any atom is 0.0378 e. The molecule has 0 atom stereocenters. The van der Waals surface area contributed by atoms with E-state index in [1.807, 2.05) is 0 Å². The first-order valence-electron chi connectivity index (χ1n) is 7.27. The lowest BCUT2D eigenvalue weighted by Gasteiger charge is -2.19. The highest BCUT2D eigenvalue weighted by atomic mass is 14.9. The van der Waals surface area contributed by atoms with E-state index >= 15 is 0 Å². The number of fused-ring (bicyclic) bond motifs is 2. The number of hydrogen-bond acceptors (Lipinski definition) is 1. The van der Waals surface area contributed by atoms with Gasteiger partial charge in [0.1, 0.15) is 0 Å². The second kappa shape index (κ2) is 4.68. The van der Waals surface area contributed by atoms with Crippen molar-refractivity contribution in [3.8, 4) is 11.1 Å². The Morgan fingerprint density at radius 2 is 1.75 bits per heavy atom. The minimum atomic E-state index is 1.09. The van der Waals surface area contributed by atoms with Crippen molar-refractivity contribution in [3.63, 3.8) is 0 Å². The molecule has 0 saturated carbocycles. The first kappa shape index (κ1) is 11.5. The quantitative estimate of drug-likeness (QED) is 0.657. The van der Waals surface area contributed by atoms with Gasteiger partial charge in [-0.25, -0.2) is 0 Å². The summed E-state index contributed by atoms with van der Waals surface area (Å²) < 4.78 is 0. The summed E-state index contributed by atoms with van der Waals surface area (Å²) in [4.78, 5) is 0. The van der Waals surface area contributed by atoms with Crippen LogP contribution in [0.15, 0.2) is 60.7 Å². The summed E-state index contributed by atoms with van der Waals surface area (Å²) in [6, 6.07) is 22.0. The van der Waals surface area contributed by atoms with E-state index in [0.717, 1.165) is 6.54 Å². The van der Waals surface area contributed by atoms with E-state index < -0.39 is 0 Å². The van der Waals surface area contributed by atoms with Crippen LogP contribution in [-0.2, 0) is 6.42 Å². The number of anilines is 1. The molecule has 0 radical (unpaired) electrons. The lowest BCUT2D eigenvalue weighted by atomic mass is 9.95. The predicted octanol–water partition coefficient (Wildman–Crippen LogP) is 4.86. The Morgan fingerprint density at radius 1 is 0.850 bits per heavy atom. The molecule has 0 saturated heterocycles. The predicted molar refractivity (Wildman–Crippen MR) is 86.2 cm³/mol. The van der Waals surface area contributed by atoms with Gasteiger partial charge in [-0.15, -0.1) is 0 Å². The van der Waals surface area contributed by atoms with Crippen LogP contribution in [-0.4, -0.2) is 6.54 Å². The molecule has 0 unspecified atom stereocenters. The Bertz CT molecular complexity index is 768. The zero-order valence-corrected chi connectivity index (χ0v) is 11.4. The average molecular weight is 259 g/mol. The zero-order valence-electron chi connectivity index (χ0n) is 11.4. The molecular formula is C19H17N. The highest BCUT2D eigenvalue weighted by Gasteiger charge is 2.10. The van der Waals surface area contributed by atoms with Crippen LogP contribution in [0.5, 0.6) is 0 Å². The number of rotatable bonds is 1. The third-order valence-electron chi connectivity index (χ3n) is 4.15. The van der Waals surface area contributed by atoms with Crippen LogP contribution < -0.4 is 5.32 Å². The monoisotopic (exact) mass is 259 g/mol. The zero-order chi connectivity index (χ0) is 13.4. The summed E-state index contributed by atoms with van der Waals surface area (Å²) in [6.07, 6.45) is 2.43. The van der Waals surface area contributed by atoms with Crippen LogP contribution in [0.25, 0.3) is 21.9 Å². The molecule has 0 aliphatic carbocycles. The summed E-state index contributed by atoms with van der Waals surface area (Å²) in [7, 11) is 0. The summed E-state index contributed by atoms with van der Waals surface area (Å²) in [6.45, 7) is 1.09. The van der Waals surface area contributed by atoms with Gasteiger partial charge in [0, 0.05) is 12.2 Å². The van der Waals surface area contributed by atoms with E-state index in [1.165, 1.54) is 46.0 Å². The molecule has 0 fully saturated rings. The van der Waals surface area contributed by atoms with E-state index in [4.69, 9.17) is 0 Å². The molecule has 20 heavy (non-hydrogen) atoms. The second-order valence-electron chi connectivity index (χ2n) is 5.43. The van der Waals surface area contributed by atoms with E-state index in [1.54, 1.807) is 0 Å². The van der Waals surface area contributed by atoms with Gasteiger partial charge in [0.25, 0.3) is 0 Å². The molecule has 0 bridgehead atoms. The molecule has 1 heterocycles. The van der Waals surface area contributed by atoms with E-state index in [0.29, 0.717) is 0 Å². The molecule has 1 aliphatic heterocycles. The summed E-state index contributed by atoms with van der Waals surface area (Å²) in [5, 5.41) is 6.15. The van der Waals surface area contributed by atoms with Gasteiger partial charge in [0.15, 0.2) is 0 Å². The van der Waals surface area contributed by atoms with Gasteiger partial charge in [0.05, 0.1) is 0 Å². The SMILES string of the molecule is c1ccc2c(-c3ccc4c(c3)NCCC4)cccc2c1. The Kier molecular flexibility index (Phi) is 2.70. The first-order chi connectivity index (χ1) is 9.92. The standard InChI is InChI=1S/C19H17N/c1-2-8-17-14(5-1)6-3-9-18(17)16-11-10-15-7-4-12-20-19(15)13-16/h1-3,5-6,8-11,13,20H,4,7,12H2. The Hall–Kier alpha value is -2.28. The smallest absolute Gasteiger partial charge is 0.0378 e. The minimum Gasteiger partial charge on any atom is -0.385 e. The van der Waals surface area contributed by atoms with Crippen molar-refractivity contribution in [1.82, 2.24) is 0 Å². The highest BCUT2D eigenvalue weighted by molar-refractivity contribution is 5.97. The molecule has 3 aromatic rings. The van der Waals surface area contributed by atoms with Crippen molar-refractivity contribution < 1.29 is 0 Å². The molecule has 1 heteroatoms. The lowest BCUT2D eigenvalue weighted by Crippen LogP contribution is -2.11. The highest BCUT2D eigenvalue weighted by Crippen LogP contribution is 2.32. The maximum atomic E-state index is 3.52. The average Bonchev–Trinajstić information content (AvgIpc) is 2.54. The van der Waals surface area contributed by atoms with E-state index in [2.05, 4.69) is 66.0 Å². The summed E-state index contributed by atoms with van der Waals surface area (Å²) in [5.41, 5.74) is 5.37. The molecule has 1 nitrogen and oxygen atoms in total. The molecule has 1 N–H and O–H groups in total. The molecular weight excluding hydrogens is 242 g/mol. The fraction of sp³-hybridized carbons (Fsp3) is 0.158. The molecule has 1 aliphatic rings. The third-order valence-corrected chi connectivity index (χ3v) is 4.15. The number of benzene rings is 3. The van der Waals surface area contributed by atoms with Crippen molar-refractivity contribution in [2.45, 2.75) is 12.8 Å². The number of nitrogens with one attached hydrogen (secondary N) is 1. The van der Waals surface area contributed by atoms with Crippen molar-refractivity contribution in [1.29, 1.82) is 0 Å². The molecule has 3 aromatic carbocycles. The van der Waals surface area contributed by atoms with Crippen LogP contribution in [0, 0.1) is 0 Å². The fourth-order valence-electron chi connectivity index (χ4n) is 3.11. The van der Waals surface area contributed by atoms with Gasteiger partial charge in [-0.05, 0) is 46.4 Å². The molecule has 0 aromatic heterocycles. The van der Waals surface area contributed by atoms with Crippen LogP contribution in [0.3, 0.4) is 0 Å². The van der Waals surface area contributed by atoms with Crippen LogP contribution >= 0.6 is 0 Å². The van der Waals surface area contributed by atoms with Crippen molar-refractivity contribution >= 4 is 16.5 Å². The van der Waals surface area contributed by atoms with Crippen LogP contribution in [0.1, 0.15) is 12.0 Å². The van der Waals surface area contributed by atoms with E-state index in [9.17, 15) is 0 Å². The van der Waals surface area contributed by atoms with Gasteiger partial charge in [0.2, 0.25) is 0 Å². The van der Waals surface area contributed by atoms with Crippen LogP contribution in [0.4, 0.5) is 5.69 Å². The van der Waals surface area contributed by atoms with Crippen molar-refractivity contribution in [3.05, 3.63) is 66.2 Å². The fourth-order valence-corrected chi connectivity index (χ4v) is 3.11.